The van der Waals surface area contributed by atoms with Gasteiger partial charge in [-0.1, -0.05) is 18.2 Å². The summed E-state index contributed by atoms with van der Waals surface area (Å²) in [4.78, 5) is 28.7. The lowest BCUT2D eigenvalue weighted by atomic mass is 9.99. The molecule has 0 bridgehead atoms. The molecule has 2 aliphatic rings. The van der Waals surface area contributed by atoms with Crippen molar-refractivity contribution in [1.29, 1.82) is 0 Å². The van der Waals surface area contributed by atoms with Gasteiger partial charge in [-0.2, -0.15) is 0 Å². The fourth-order valence-electron chi connectivity index (χ4n) is 3.28. The number of hydrogen-bond acceptors (Lipinski definition) is 3. The van der Waals surface area contributed by atoms with E-state index in [1.54, 1.807) is 6.33 Å². The van der Waals surface area contributed by atoms with Crippen LogP contribution >= 0.6 is 0 Å². The molecule has 2 amide bonds. The number of para-hydroxylation sites is 1. The molecule has 1 aliphatic carbocycles. The van der Waals surface area contributed by atoms with Crippen molar-refractivity contribution in [3.63, 3.8) is 0 Å². The van der Waals surface area contributed by atoms with Crippen LogP contribution in [0.2, 0.25) is 0 Å². The van der Waals surface area contributed by atoms with Crippen molar-refractivity contribution < 1.29 is 9.59 Å². The van der Waals surface area contributed by atoms with Gasteiger partial charge in [0.15, 0.2) is 0 Å². The minimum atomic E-state index is -0.495. The highest BCUT2D eigenvalue weighted by Crippen LogP contribution is 2.47. The minimum absolute atomic E-state index is 0.0456. The average Bonchev–Trinajstić information content (AvgIpc) is 3.22. The monoisotopic (exact) mass is 310 g/mol. The van der Waals surface area contributed by atoms with Crippen LogP contribution in [0.25, 0.3) is 0 Å². The first-order chi connectivity index (χ1) is 11.1. The van der Waals surface area contributed by atoms with Gasteiger partial charge in [0.25, 0.3) is 0 Å². The Balaban J connectivity index is 1.42. The van der Waals surface area contributed by atoms with Crippen LogP contribution in [0.15, 0.2) is 36.8 Å². The molecule has 6 nitrogen and oxygen atoms in total. The minimum Gasteiger partial charge on any atom is -0.344 e. The van der Waals surface area contributed by atoms with Gasteiger partial charge in [-0.15, -0.1) is 0 Å². The highest BCUT2D eigenvalue weighted by atomic mass is 16.2. The molecule has 2 heterocycles. The number of fused-ring (bicyclic) bond motifs is 1. The molecule has 0 spiro atoms. The molecule has 0 saturated heterocycles. The van der Waals surface area contributed by atoms with E-state index in [2.05, 4.69) is 15.6 Å². The number of hydrogen-bond donors (Lipinski definition) is 2. The van der Waals surface area contributed by atoms with Gasteiger partial charge in [-0.3, -0.25) is 9.59 Å². The van der Waals surface area contributed by atoms with Gasteiger partial charge in [0.2, 0.25) is 11.8 Å². The number of rotatable bonds is 3. The van der Waals surface area contributed by atoms with E-state index in [9.17, 15) is 9.59 Å². The van der Waals surface area contributed by atoms with Crippen molar-refractivity contribution in [1.82, 2.24) is 14.9 Å². The van der Waals surface area contributed by atoms with Crippen LogP contribution in [0.1, 0.15) is 23.6 Å². The lowest BCUT2D eigenvalue weighted by Gasteiger charge is -2.25. The molecule has 2 N–H and O–H groups in total. The molecule has 4 rings (SSSR count). The summed E-state index contributed by atoms with van der Waals surface area (Å²) in [6.07, 6.45) is 4.91. The van der Waals surface area contributed by atoms with E-state index < -0.39 is 6.04 Å². The van der Waals surface area contributed by atoms with Gasteiger partial charge in [0, 0.05) is 42.9 Å². The third-order valence-corrected chi connectivity index (χ3v) is 4.69. The zero-order valence-electron chi connectivity index (χ0n) is 12.8. The van der Waals surface area contributed by atoms with Crippen LogP contribution in [0.4, 0.5) is 5.69 Å². The Kier molecular flexibility index (Phi) is 3.18. The van der Waals surface area contributed by atoms with Crippen molar-refractivity contribution in [2.24, 2.45) is 13.0 Å². The SMILES string of the molecule is Cn1cncc1[C@@H]1C[C@H]1C(=O)NC1Cc2ccccc2NC1=O. The molecular weight excluding hydrogens is 292 g/mol. The smallest absolute Gasteiger partial charge is 0.247 e. The molecule has 1 saturated carbocycles. The van der Waals surface area contributed by atoms with Crippen LogP contribution in [0, 0.1) is 5.92 Å². The van der Waals surface area contributed by atoms with Crippen molar-refractivity contribution in [3.8, 4) is 0 Å². The maximum atomic E-state index is 12.4. The van der Waals surface area contributed by atoms with E-state index in [4.69, 9.17) is 0 Å². The Morgan fingerprint density at radius 2 is 2.22 bits per heavy atom. The molecule has 1 fully saturated rings. The summed E-state index contributed by atoms with van der Waals surface area (Å²) < 4.78 is 1.95. The Bertz CT molecular complexity index is 782. The Labute approximate surface area is 133 Å². The van der Waals surface area contributed by atoms with Gasteiger partial charge < -0.3 is 15.2 Å². The quantitative estimate of drug-likeness (QED) is 0.894. The fourth-order valence-corrected chi connectivity index (χ4v) is 3.28. The Morgan fingerprint density at radius 1 is 1.39 bits per heavy atom. The highest BCUT2D eigenvalue weighted by Gasteiger charge is 2.46. The average molecular weight is 310 g/mol. The summed E-state index contributed by atoms with van der Waals surface area (Å²) in [5.41, 5.74) is 2.96. The van der Waals surface area contributed by atoms with Crippen LogP contribution in [0.3, 0.4) is 0 Å². The fraction of sp³-hybridized carbons (Fsp3) is 0.353. The number of nitrogens with zero attached hydrogens (tertiary/aromatic N) is 2. The molecule has 3 atom stereocenters. The Morgan fingerprint density at radius 3 is 3.00 bits per heavy atom. The van der Waals surface area contributed by atoms with E-state index in [0.717, 1.165) is 23.4 Å². The number of nitrogens with one attached hydrogen (secondary N) is 2. The molecule has 2 aromatic rings. The van der Waals surface area contributed by atoms with Gasteiger partial charge >= 0.3 is 0 Å². The van der Waals surface area contributed by atoms with E-state index >= 15 is 0 Å². The highest BCUT2D eigenvalue weighted by molar-refractivity contribution is 6.00. The van der Waals surface area contributed by atoms with Gasteiger partial charge in [-0.25, -0.2) is 4.98 Å². The first-order valence-electron chi connectivity index (χ1n) is 7.79. The largest absolute Gasteiger partial charge is 0.344 e. The second-order valence-corrected chi connectivity index (χ2v) is 6.29. The summed E-state index contributed by atoms with van der Waals surface area (Å²) >= 11 is 0. The van der Waals surface area contributed by atoms with Gasteiger partial charge in [0.1, 0.15) is 6.04 Å². The van der Waals surface area contributed by atoms with Crippen molar-refractivity contribution in [2.45, 2.75) is 24.8 Å². The Hall–Kier alpha value is -2.63. The normalized spacial score (nSPS) is 25.4. The van der Waals surface area contributed by atoms with E-state index in [1.165, 1.54) is 0 Å². The molecule has 6 heteroatoms. The third-order valence-electron chi connectivity index (χ3n) is 4.69. The van der Waals surface area contributed by atoms with E-state index in [-0.39, 0.29) is 23.7 Å². The number of aromatic nitrogens is 2. The topological polar surface area (TPSA) is 76.0 Å². The molecule has 1 unspecified atom stereocenters. The molecule has 23 heavy (non-hydrogen) atoms. The third kappa shape index (κ3) is 2.50. The summed E-state index contributed by atoms with van der Waals surface area (Å²) in [6, 6.07) is 7.19. The number of carbonyl (C=O) groups excluding carboxylic acids is 2. The maximum absolute atomic E-state index is 12.4. The van der Waals surface area contributed by atoms with Gasteiger partial charge in [0.05, 0.1) is 6.33 Å². The van der Waals surface area contributed by atoms with E-state index in [1.807, 2.05) is 42.1 Å². The first kappa shape index (κ1) is 14.0. The lowest BCUT2D eigenvalue weighted by molar-refractivity contribution is -0.127. The number of imidazole rings is 1. The first-order valence-corrected chi connectivity index (χ1v) is 7.79. The van der Waals surface area contributed by atoms with Crippen LogP contribution in [0.5, 0.6) is 0 Å². The molecule has 118 valence electrons. The summed E-state index contributed by atoms with van der Waals surface area (Å²) in [7, 11) is 1.93. The van der Waals surface area contributed by atoms with Gasteiger partial charge in [-0.05, 0) is 18.1 Å². The molecule has 1 aromatic heterocycles. The number of amides is 2. The summed E-state index contributed by atoms with van der Waals surface area (Å²) in [5.74, 6) is -0.0395. The van der Waals surface area contributed by atoms with Crippen LogP contribution in [-0.2, 0) is 23.1 Å². The number of carbonyl (C=O) groups is 2. The number of anilines is 1. The molecule has 1 aliphatic heterocycles. The molecular formula is C17H18N4O2. The standard InChI is InChI=1S/C17H18N4O2/c1-21-9-18-8-15(21)11-7-12(11)16(22)20-14-6-10-4-2-3-5-13(10)19-17(14)23/h2-5,8-9,11-12,14H,6-7H2,1H3,(H,19,23)(H,20,22)/t11-,12-,14?/m1/s1. The molecule has 0 radical (unpaired) electrons. The van der Waals surface area contributed by atoms with Crippen molar-refractivity contribution >= 4 is 17.5 Å². The van der Waals surface area contributed by atoms with Crippen LogP contribution < -0.4 is 10.6 Å². The maximum Gasteiger partial charge on any atom is 0.247 e. The van der Waals surface area contributed by atoms with Crippen molar-refractivity contribution in [2.75, 3.05) is 5.32 Å². The second-order valence-electron chi connectivity index (χ2n) is 6.29. The number of benzene rings is 1. The van der Waals surface area contributed by atoms with Crippen molar-refractivity contribution in [3.05, 3.63) is 48.0 Å². The molecule has 1 aromatic carbocycles. The zero-order valence-corrected chi connectivity index (χ0v) is 12.8. The van der Waals surface area contributed by atoms with Crippen LogP contribution in [-0.4, -0.2) is 27.4 Å². The zero-order chi connectivity index (χ0) is 16.0. The second kappa shape index (κ2) is 5.22. The summed E-state index contributed by atoms with van der Waals surface area (Å²) in [6.45, 7) is 0. The van der Waals surface area contributed by atoms with E-state index in [0.29, 0.717) is 6.42 Å². The lowest BCUT2D eigenvalue weighted by Crippen LogP contribution is -2.48. The predicted octanol–water partition coefficient (Wildman–Crippen LogP) is 1.20. The predicted molar refractivity (Wildman–Crippen MR) is 84.8 cm³/mol. The summed E-state index contributed by atoms with van der Waals surface area (Å²) in [5, 5.41) is 5.76. The number of aryl methyl sites for hydroxylation is 1.